The molecule has 1 aromatic rings. The van der Waals surface area contributed by atoms with Crippen LogP contribution < -0.4 is 4.74 Å². The van der Waals surface area contributed by atoms with Crippen LogP contribution in [0.25, 0.3) is 0 Å². The van der Waals surface area contributed by atoms with Gasteiger partial charge in [-0.2, -0.15) is 0 Å². The summed E-state index contributed by atoms with van der Waals surface area (Å²) in [6.45, 7) is 0. The zero-order valence-electron chi connectivity index (χ0n) is 8.96. The van der Waals surface area contributed by atoms with Crippen LogP contribution in [0.5, 0.6) is 5.75 Å². The summed E-state index contributed by atoms with van der Waals surface area (Å²) in [6.07, 6.45) is 9.63. The summed E-state index contributed by atoms with van der Waals surface area (Å²) >= 11 is 0. The molecule has 0 spiro atoms. The SMILES string of the molecule is O=C(O)c1ccc2c(c1)C1C=CC=CC1=CO2. The summed E-state index contributed by atoms with van der Waals surface area (Å²) in [5, 5.41) is 9.00. The number of benzene rings is 1. The minimum absolute atomic E-state index is 0.100. The summed E-state index contributed by atoms with van der Waals surface area (Å²) in [5.74, 6) is -0.0917. The van der Waals surface area contributed by atoms with Gasteiger partial charge < -0.3 is 9.84 Å². The number of ether oxygens (including phenoxy) is 1. The van der Waals surface area contributed by atoms with Crippen molar-refractivity contribution in [2.45, 2.75) is 5.92 Å². The Morgan fingerprint density at radius 3 is 3.00 bits per heavy atom. The number of hydrogen-bond donors (Lipinski definition) is 1. The van der Waals surface area contributed by atoms with Crippen LogP contribution in [0.2, 0.25) is 0 Å². The lowest BCUT2D eigenvalue weighted by Gasteiger charge is -2.24. The van der Waals surface area contributed by atoms with E-state index in [0.717, 1.165) is 16.9 Å². The van der Waals surface area contributed by atoms with Gasteiger partial charge in [-0.3, -0.25) is 0 Å². The predicted octanol–water partition coefficient (Wildman–Crippen LogP) is 2.87. The van der Waals surface area contributed by atoms with E-state index in [2.05, 4.69) is 0 Å². The number of hydrogen-bond acceptors (Lipinski definition) is 2. The molecule has 17 heavy (non-hydrogen) atoms. The Balaban J connectivity index is 2.12. The zero-order chi connectivity index (χ0) is 11.8. The van der Waals surface area contributed by atoms with Gasteiger partial charge in [0.1, 0.15) is 5.75 Å². The van der Waals surface area contributed by atoms with Gasteiger partial charge in [0.15, 0.2) is 0 Å². The molecule has 1 aliphatic carbocycles. The van der Waals surface area contributed by atoms with Crippen LogP contribution in [0.15, 0.2) is 54.3 Å². The standard InChI is InChI=1S/C14H10O3/c15-14(16)9-5-6-13-12(7-9)11-4-2-1-3-10(11)8-17-13/h1-8,11H,(H,15,16). The van der Waals surface area contributed by atoms with Gasteiger partial charge >= 0.3 is 5.97 Å². The topological polar surface area (TPSA) is 46.5 Å². The van der Waals surface area contributed by atoms with E-state index in [9.17, 15) is 4.79 Å². The average molecular weight is 226 g/mol. The van der Waals surface area contributed by atoms with E-state index in [0.29, 0.717) is 0 Å². The summed E-state index contributed by atoms with van der Waals surface area (Å²) < 4.78 is 5.49. The van der Waals surface area contributed by atoms with Gasteiger partial charge in [-0.05, 0) is 23.8 Å². The highest BCUT2D eigenvalue weighted by atomic mass is 16.5. The Hall–Kier alpha value is -2.29. The molecule has 1 aliphatic heterocycles. The minimum Gasteiger partial charge on any atom is -0.478 e. The highest BCUT2D eigenvalue weighted by molar-refractivity contribution is 5.88. The molecule has 0 amide bonds. The summed E-state index contributed by atoms with van der Waals surface area (Å²) in [6, 6.07) is 4.94. The van der Waals surface area contributed by atoms with Crippen molar-refractivity contribution in [3.8, 4) is 5.75 Å². The van der Waals surface area contributed by atoms with Crippen LogP contribution in [-0.4, -0.2) is 11.1 Å². The second-order valence-electron chi connectivity index (χ2n) is 4.02. The highest BCUT2D eigenvalue weighted by Crippen LogP contribution is 2.39. The second-order valence-corrected chi connectivity index (χ2v) is 4.02. The molecule has 3 rings (SSSR count). The Morgan fingerprint density at radius 1 is 1.29 bits per heavy atom. The smallest absolute Gasteiger partial charge is 0.335 e. The lowest BCUT2D eigenvalue weighted by Crippen LogP contribution is -2.10. The van der Waals surface area contributed by atoms with E-state index >= 15 is 0 Å². The first kappa shape index (κ1) is 9.90. The van der Waals surface area contributed by atoms with Gasteiger partial charge in [0.2, 0.25) is 0 Å². The lowest BCUT2D eigenvalue weighted by atomic mass is 9.86. The molecule has 84 valence electrons. The molecule has 3 nitrogen and oxygen atoms in total. The number of rotatable bonds is 1. The minimum atomic E-state index is -0.917. The molecule has 1 aromatic carbocycles. The first-order chi connectivity index (χ1) is 8.25. The fraction of sp³-hybridized carbons (Fsp3) is 0.0714. The zero-order valence-corrected chi connectivity index (χ0v) is 8.96. The molecule has 1 unspecified atom stereocenters. The van der Waals surface area contributed by atoms with Crippen molar-refractivity contribution in [1.82, 2.24) is 0 Å². The predicted molar refractivity (Wildman–Crippen MR) is 63.1 cm³/mol. The number of allylic oxidation sites excluding steroid dienone is 5. The first-order valence-corrected chi connectivity index (χ1v) is 5.34. The number of carboxylic acid groups (broad SMARTS) is 1. The van der Waals surface area contributed by atoms with E-state index in [-0.39, 0.29) is 11.5 Å². The van der Waals surface area contributed by atoms with Crippen LogP contribution in [0, 0.1) is 0 Å². The molecule has 0 aromatic heterocycles. The van der Waals surface area contributed by atoms with E-state index in [1.165, 1.54) is 0 Å². The van der Waals surface area contributed by atoms with Gasteiger partial charge in [-0.25, -0.2) is 4.79 Å². The number of fused-ring (bicyclic) bond motifs is 3. The van der Waals surface area contributed by atoms with Crippen molar-refractivity contribution in [2.75, 3.05) is 0 Å². The van der Waals surface area contributed by atoms with Crippen molar-refractivity contribution in [3.05, 3.63) is 65.5 Å². The van der Waals surface area contributed by atoms with Gasteiger partial charge in [0.05, 0.1) is 11.8 Å². The molecule has 1 N–H and O–H groups in total. The molecule has 2 aliphatic rings. The van der Waals surface area contributed by atoms with Crippen molar-refractivity contribution in [2.24, 2.45) is 0 Å². The summed E-state index contributed by atoms with van der Waals surface area (Å²) in [7, 11) is 0. The number of aromatic carboxylic acids is 1. The van der Waals surface area contributed by atoms with Crippen LogP contribution in [0.3, 0.4) is 0 Å². The molecule has 0 bridgehead atoms. The van der Waals surface area contributed by atoms with Crippen LogP contribution >= 0.6 is 0 Å². The Labute approximate surface area is 98.3 Å². The van der Waals surface area contributed by atoms with Gasteiger partial charge in [-0.1, -0.05) is 24.3 Å². The summed E-state index contributed by atoms with van der Waals surface area (Å²) in [5.41, 5.74) is 2.24. The van der Waals surface area contributed by atoms with Crippen LogP contribution in [0.4, 0.5) is 0 Å². The molecule has 1 heterocycles. The first-order valence-electron chi connectivity index (χ1n) is 5.34. The molecule has 0 saturated carbocycles. The molecule has 0 saturated heterocycles. The molecule has 0 radical (unpaired) electrons. The van der Waals surface area contributed by atoms with E-state index in [1.807, 2.05) is 24.3 Å². The maximum absolute atomic E-state index is 11.0. The third kappa shape index (κ3) is 1.56. The van der Waals surface area contributed by atoms with E-state index < -0.39 is 5.97 Å². The van der Waals surface area contributed by atoms with E-state index in [4.69, 9.17) is 9.84 Å². The number of carboxylic acids is 1. The van der Waals surface area contributed by atoms with Gasteiger partial charge in [0.25, 0.3) is 0 Å². The molecule has 0 fully saturated rings. The molecule has 1 atom stereocenters. The summed E-state index contributed by atoms with van der Waals surface area (Å²) in [4.78, 5) is 11.0. The number of carbonyl (C=O) groups is 1. The van der Waals surface area contributed by atoms with Crippen molar-refractivity contribution >= 4 is 5.97 Å². The maximum Gasteiger partial charge on any atom is 0.335 e. The fourth-order valence-corrected chi connectivity index (χ4v) is 2.12. The van der Waals surface area contributed by atoms with Crippen molar-refractivity contribution in [3.63, 3.8) is 0 Å². The van der Waals surface area contributed by atoms with E-state index in [1.54, 1.807) is 24.5 Å². The third-order valence-corrected chi connectivity index (χ3v) is 2.98. The quantitative estimate of drug-likeness (QED) is 0.800. The van der Waals surface area contributed by atoms with Crippen molar-refractivity contribution < 1.29 is 14.6 Å². The van der Waals surface area contributed by atoms with Gasteiger partial charge in [0, 0.05) is 11.5 Å². The molecular formula is C14H10O3. The second kappa shape index (κ2) is 3.63. The Kier molecular flexibility index (Phi) is 2.11. The maximum atomic E-state index is 11.0. The monoisotopic (exact) mass is 226 g/mol. The largest absolute Gasteiger partial charge is 0.478 e. The van der Waals surface area contributed by atoms with Gasteiger partial charge in [-0.15, -0.1) is 0 Å². The normalized spacial score (nSPS) is 20.0. The molecular weight excluding hydrogens is 216 g/mol. The Morgan fingerprint density at radius 2 is 2.18 bits per heavy atom. The van der Waals surface area contributed by atoms with Crippen LogP contribution in [0.1, 0.15) is 21.8 Å². The molecule has 3 heteroatoms. The fourth-order valence-electron chi connectivity index (χ4n) is 2.12. The average Bonchev–Trinajstić information content (AvgIpc) is 2.38. The van der Waals surface area contributed by atoms with Crippen molar-refractivity contribution in [1.29, 1.82) is 0 Å². The van der Waals surface area contributed by atoms with Crippen LogP contribution in [-0.2, 0) is 0 Å². The highest BCUT2D eigenvalue weighted by Gasteiger charge is 2.23. The third-order valence-electron chi connectivity index (χ3n) is 2.98. The lowest BCUT2D eigenvalue weighted by molar-refractivity contribution is 0.0696. The Bertz CT molecular complexity index is 579.